The van der Waals surface area contributed by atoms with Crippen molar-refractivity contribution in [2.24, 2.45) is 5.92 Å². The lowest BCUT2D eigenvalue weighted by molar-refractivity contribution is -0.137. The summed E-state index contributed by atoms with van der Waals surface area (Å²) in [5, 5.41) is 0. The van der Waals surface area contributed by atoms with Gasteiger partial charge < -0.3 is 14.5 Å². The lowest BCUT2D eigenvalue weighted by Crippen LogP contribution is -2.47. The minimum absolute atomic E-state index is 0.0592. The monoisotopic (exact) mass is 365 g/mol. The number of hydrogen-bond acceptors (Lipinski definition) is 4. The lowest BCUT2D eigenvalue weighted by atomic mass is 9.91. The molecule has 0 aromatic rings. The summed E-state index contributed by atoms with van der Waals surface area (Å²) < 4.78 is 5.44. The molecule has 148 valence electrons. The first-order valence-corrected chi connectivity index (χ1v) is 10.3. The molecule has 2 amide bonds. The number of amides is 2. The molecule has 0 atom stereocenters. The van der Waals surface area contributed by atoms with Crippen LogP contribution >= 0.6 is 0 Å². The molecule has 2 heterocycles. The fourth-order valence-corrected chi connectivity index (χ4v) is 4.17. The van der Waals surface area contributed by atoms with E-state index in [1.807, 2.05) is 20.8 Å². The van der Waals surface area contributed by atoms with Crippen LogP contribution in [0.3, 0.4) is 0 Å². The van der Waals surface area contributed by atoms with E-state index in [0.29, 0.717) is 19.0 Å². The molecule has 0 spiro atoms. The Morgan fingerprint density at radius 3 is 2.08 bits per heavy atom. The van der Waals surface area contributed by atoms with Crippen molar-refractivity contribution in [3.8, 4) is 0 Å². The highest BCUT2D eigenvalue weighted by molar-refractivity contribution is 5.79. The van der Waals surface area contributed by atoms with Crippen LogP contribution in [-0.4, -0.2) is 77.6 Å². The fourth-order valence-electron chi connectivity index (χ4n) is 4.17. The molecule has 0 unspecified atom stereocenters. The molecule has 0 aromatic carbocycles. The van der Waals surface area contributed by atoms with Gasteiger partial charge in [0.15, 0.2) is 0 Å². The second-order valence-electron chi connectivity index (χ2n) is 9.04. The Bertz CT molecular complexity index is 505. The summed E-state index contributed by atoms with van der Waals surface area (Å²) in [4.78, 5) is 31.5. The minimum Gasteiger partial charge on any atom is -0.444 e. The average molecular weight is 366 g/mol. The second kappa shape index (κ2) is 8.15. The summed E-state index contributed by atoms with van der Waals surface area (Å²) in [7, 11) is 0. The maximum absolute atomic E-state index is 12.9. The van der Waals surface area contributed by atoms with Gasteiger partial charge in [-0.25, -0.2) is 4.79 Å². The maximum Gasteiger partial charge on any atom is 0.410 e. The van der Waals surface area contributed by atoms with Crippen LogP contribution in [0.2, 0.25) is 0 Å². The van der Waals surface area contributed by atoms with Crippen LogP contribution in [0.5, 0.6) is 0 Å². The smallest absolute Gasteiger partial charge is 0.410 e. The summed E-state index contributed by atoms with van der Waals surface area (Å²) >= 11 is 0. The summed E-state index contributed by atoms with van der Waals surface area (Å²) in [6, 6.07) is 0.766. The van der Waals surface area contributed by atoms with Gasteiger partial charge in [-0.3, -0.25) is 9.69 Å². The molecular formula is C20H35N3O3. The number of nitrogens with zero attached hydrogens (tertiary/aromatic N) is 3. The molecule has 0 radical (unpaired) electrons. The minimum atomic E-state index is -0.470. The van der Waals surface area contributed by atoms with Crippen molar-refractivity contribution in [1.82, 2.24) is 14.7 Å². The van der Waals surface area contributed by atoms with Gasteiger partial charge in [0.1, 0.15) is 5.60 Å². The van der Waals surface area contributed by atoms with Gasteiger partial charge in [-0.15, -0.1) is 0 Å². The van der Waals surface area contributed by atoms with Gasteiger partial charge in [0.05, 0.1) is 0 Å². The van der Waals surface area contributed by atoms with Crippen LogP contribution in [0.25, 0.3) is 0 Å². The van der Waals surface area contributed by atoms with Gasteiger partial charge in [-0.2, -0.15) is 0 Å². The van der Waals surface area contributed by atoms with Crippen molar-refractivity contribution in [3.63, 3.8) is 0 Å². The SMILES string of the molecule is CC(C)(C)OC(=O)N1CCC(C(=O)N2CCCN(C3CCC3)CC2)CC1. The van der Waals surface area contributed by atoms with Crippen LogP contribution < -0.4 is 0 Å². The molecular weight excluding hydrogens is 330 g/mol. The lowest BCUT2D eigenvalue weighted by Gasteiger charge is -2.37. The quantitative estimate of drug-likeness (QED) is 0.755. The van der Waals surface area contributed by atoms with E-state index in [1.165, 1.54) is 19.3 Å². The van der Waals surface area contributed by atoms with Gasteiger partial charge >= 0.3 is 6.09 Å². The van der Waals surface area contributed by atoms with E-state index < -0.39 is 5.60 Å². The third kappa shape index (κ3) is 4.90. The van der Waals surface area contributed by atoms with Crippen LogP contribution in [0, 0.1) is 5.92 Å². The van der Waals surface area contributed by atoms with Crippen LogP contribution in [0.15, 0.2) is 0 Å². The highest BCUT2D eigenvalue weighted by Crippen LogP contribution is 2.27. The van der Waals surface area contributed by atoms with E-state index in [2.05, 4.69) is 9.80 Å². The molecule has 2 aliphatic heterocycles. The van der Waals surface area contributed by atoms with E-state index in [0.717, 1.165) is 51.5 Å². The van der Waals surface area contributed by atoms with Crippen LogP contribution in [0.1, 0.15) is 59.3 Å². The first kappa shape index (κ1) is 19.5. The van der Waals surface area contributed by atoms with Gasteiger partial charge in [-0.05, 0) is 52.9 Å². The predicted octanol–water partition coefficient (Wildman–Crippen LogP) is 2.72. The van der Waals surface area contributed by atoms with Crippen molar-refractivity contribution in [3.05, 3.63) is 0 Å². The molecule has 26 heavy (non-hydrogen) atoms. The Morgan fingerprint density at radius 2 is 1.50 bits per heavy atom. The molecule has 2 saturated heterocycles. The van der Waals surface area contributed by atoms with Crippen LogP contribution in [0.4, 0.5) is 4.79 Å². The largest absolute Gasteiger partial charge is 0.444 e. The fraction of sp³-hybridized carbons (Fsp3) is 0.900. The first-order valence-electron chi connectivity index (χ1n) is 10.3. The number of piperidine rings is 1. The third-order valence-electron chi connectivity index (χ3n) is 5.93. The Balaban J connectivity index is 1.45. The molecule has 1 aliphatic carbocycles. The summed E-state index contributed by atoms with van der Waals surface area (Å²) in [5.41, 5.74) is -0.470. The van der Waals surface area contributed by atoms with E-state index in [9.17, 15) is 9.59 Å². The Hall–Kier alpha value is -1.30. The van der Waals surface area contributed by atoms with E-state index in [-0.39, 0.29) is 12.0 Å². The molecule has 0 N–H and O–H groups in total. The second-order valence-corrected chi connectivity index (χ2v) is 9.04. The normalized spacial score (nSPS) is 24.1. The number of likely N-dealkylation sites (tertiary alicyclic amines) is 1. The molecule has 0 aromatic heterocycles. The molecule has 0 bridgehead atoms. The predicted molar refractivity (Wildman–Crippen MR) is 101 cm³/mol. The highest BCUT2D eigenvalue weighted by atomic mass is 16.6. The number of hydrogen-bond donors (Lipinski definition) is 0. The third-order valence-corrected chi connectivity index (χ3v) is 5.93. The molecule has 3 fully saturated rings. The van der Waals surface area contributed by atoms with Crippen molar-refractivity contribution in [1.29, 1.82) is 0 Å². The van der Waals surface area contributed by atoms with E-state index in [1.54, 1.807) is 4.90 Å². The number of carbonyl (C=O) groups excluding carboxylic acids is 2. The Kier molecular flexibility index (Phi) is 6.10. The summed E-state index contributed by atoms with van der Waals surface area (Å²) in [6.45, 7) is 10.8. The topological polar surface area (TPSA) is 53.1 Å². The van der Waals surface area contributed by atoms with Crippen molar-refractivity contribution < 1.29 is 14.3 Å². The average Bonchev–Trinajstić information content (AvgIpc) is 2.77. The van der Waals surface area contributed by atoms with Crippen molar-refractivity contribution >= 4 is 12.0 Å². The van der Waals surface area contributed by atoms with Crippen LogP contribution in [-0.2, 0) is 9.53 Å². The summed E-state index contributed by atoms with van der Waals surface area (Å²) in [5.74, 6) is 0.355. The first-order chi connectivity index (χ1) is 12.3. The van der Waals surface area contributed by atoms with Crippen molar-refractivity contribution in [2.75, 3.05) is 39.3 Å². The van der Waals surface area contributed by atoms with Gasteiger partial charge in [0, 0.05) is 51.2 Å². The van der Waals surface area contributed by atoms with E-state index in [4.69, 9.17) is 4.74 Å². The van der Waals surface area contributed by atoms with Crippen molar-refractivity contribution in [2.45, 2.75) is 70.9 Å². The zero-order valence-electron chi connectivity index (χ0n) is 16.7. The molecule has 6 nitrogen and oxygen atoms in total. The van der Waals surface area contributed by atoms with Gasteiger partial charge in [0.2, 0.25) is 5.91 Å². The molecule has 3 aliphatic rings. The summed E-state index contributed by atoms with van der Waals surface area (Å²) in [6.07, 6.45) is 6.35. The zero-order valence-corrected chi connectivity index (χ0v) is 16.7. The zero-order chi connectivity index (χ0) is 18.7. The Morgan fingerprint density at radius 1 is 0.808 bits per heavy atom. The number of carbonyl (C=O) groups is 2. The van der Waals surface area contributed by atoms with Gasteiger partial charge in [0.25, 0.3) is 0 Å². The van der Waals surface area contributed by atoms with E-state index >= 15 is 0 Å². The molecule has 6 heteroatoms. The highest BCUT2D eigenvalue weighted by Gasteiger charge is 2.33. The molecule has 3 rings (SSSR count). The number of rotatable bonds is 2. The number of ether oxygens (including phenoxy) is 1. The Labute approximate surface area is 157 Å². The maximum atomic E-state index is 12.9. The molecule has 1 saturated carbocycles. The van der Waals surface area contributed by atoms with Gasteiger partial charge in [-0.1, -0.05) is 6.42 Å². The standard InChI is InChI=1S/C20H35N3O3/c1-20(2,3)26-19(25)23-12-8-16(9-13-23)18(24)22-11-5-10-21(14-15-22)17-6-4-7-17/h16-17H,4-15H2,1-3H3.